The fraction of sp³-hybridized carbons (Fsp3) is 0.238. The van der Waals surface area contributed by atoms with E-state index in [2.05, 4.69) is 10.1 Å². The molecule has 7 heteroatoms. The van der Waals surface area contributed by atoms with Gasteiger partial charge in [0.1, 0.15) is 5.65 Å². The van der Waals surface area contributed by atoms with Crippen molar-refractivity contribution in [3.63, 3.8) is 0 Å². The van der Waals surface area contributed by atoms with Crippen LogP contribution in [-0.4, -0.2) is 38.3 Å². The predicted octanol–water partition coefficient (Wildman–Crippen LogP) is 2.87. The number of carbonyl (C=O) groups is 1. The zero-order valence-corrected chi connectivity index (χ0v) is 16.4. The number of fused-ring (bicyclic) bond motifs is 1. The Morgan fingerprint density at radius 1 is 1.18 bits per heavy atom. The van der Waals surface area contributed by atoms with Crippen molar-refractivity contribution in [3.05, 3.63) is 81.9 Å². The molecule has 0 atom stereocenters. The van der Waals surface area contributed by atoms with Crippen LogP contribution in [0, 0.1) is 6.92 Å². The molecule has 0 saturated heterocycles. The van der Waals surface area contributed by atoms with Crippen molar-refractivity contribution in [1.29, 1.82) is 0 Å². The molecule has 0 unspecified atom stereocenters. The fourth-order valence-corrected chi connectivity index (χ4v) is 3.90. The van der Waals surface area contributed by atoms with Gasteiger partial charge in [-0.2, -0.15) is 5.10 Å². The standard InChI is InChI=1S/C21H20N4O2S/c1-15-7-8-19-22-17(11-20(26)24(19)12-15)13-28-14-21(27)25-10-9-18(23-25)16-5-3-2-4-6-16/h2-8,11-12H,9-10,13-14H2,1H3. The summed E-state index contributed by atoms with van der Waals surface area (Å²) in [6.45, 7) is 2.55. The summed E-state index contributed by atoms with van der Waals surface area (Å²) in [5, 5.41) is 6.01. The summed E-state index contributed by atoms with van der Waals surface area (Å²) in [5.41, 5.74) is 4.20. The molecule has 0 N–H and O–H groups in total. The summed E-state index contributed by atoms with van der Waals surface area (Å²) in [5.74, 6) is 0.790. The molecule has 142 valence electrons. The Kier molecular flexibility index (Phi) is 5.25. The molecule has 1 aliphatic heterocycles. The molecule has 6 nitrogen and oxygen atoms in total. The van der Waals surface area contributed by atoms with Gasteiger partial charge in [-0.1, -0.05) is 36.4 Å². The first-order valence-electron chi connectivity index (χ1n) is 9.10. The van der Waals surface area contributed by atoms with Crippen LogP contribution in [-0.2, 0) is 10.5 Å². The van der Waals surface area contributed by atoms with Gasteiger partial charge in [-0.3, -0.25) is 14.0 Å². The van der Waals surface area contributed by atoms with E-state index >= 15 is 0 Å². The lowest BCUT2D eigenvalue weighted by Crippen LogP contribution is -2.25. The lowest BCUT2D eigenvalue weighted by atomic mass is 10.1. The van der Waals surface area contributed by atoms with Gasteiger partial charge in [0.25, 0.3) is 11.5 Å². The van der Waals surface area contributed by atoms with Gasteiger partial charge >= 0.3 is 0 Å². The molecule has 0 aliphatic carbocycles. The lowest BCUT2D eigenvalue weighted by Gasteiger charge is -2.11. The van der Waals surface area contributed by atoms with Crippen LogP contribution in [0.4, 0.5) is 0 Å². The van der Waals surface area contributed by atoms with Crippen molar-refractivity contribution < 1.29 is 4.79 Å². The summed E-state index contributed by atoms with van der Waals surface area (Å²) in [7, 11) is 0. The Balaban J connectivity index is 1.37. The maximum atomic E-state index is 12.4. The van der Waals surface area contributed by atoms with E-state index in [4.69, 9.17) is 0 Å². The first-order chi connectivity index (χ1) is 13.6. The Bertz CT molecular complexity index is 1110. The number of carbonyl (C=O) groups excluding carboxylic acids is 1. The van der Waals surface area contributed by atoms with E-state index in [1.54, 1.807) is 15.6 Å². The Labute approximate surface area is 166 Å². The molecule has 1 amide bonds. The summed E-state index contributed by atoms with van der Waals surface area (Å²) in [6.07, 6.45) is 2.55. The van der Waals surface area contributed by atoms with Crippen LogP contribution in [0.1, 0.15) is 23.2 Å². The van der Waals surface area contributed by atoms with Crippen molar-refractivity contribution in [2.75, 3.05) is 12.3 Å². The number of hydrazone groups is 1. The van der Waals surface area contributed by atoms with Gasteiger partial charge in [0, 0.05) is 24.4 Å². The zero-order chi connectivity index (χ0) is 19.5. The third kappa shape index (κ3) is 3.99. The molecule has 4 rings (SSSR count). The Morgan fingerprint density at radius 3 is 2.82 bits per heavy atom. The Hall–Kier alpha value is -2.93. The Morgan fingerprint density at radius 2 is 2.00 bits per heavy atom. The third-order valence-electron chi connectivity index (χ3n) is 4.53. The number of nitrogens with zero attached hydrogens (tertiary/aromatic N) is 4. The van der Waals surface area contributed by atoms with Gasteiger partial charge in [-0.05, 0) is 24.1 Å². The topological polar surface area (TPSA) is 67.0 Å². The average Bonchev–Trinajstić information content (AvgIpc) is 3.20. The largest absolute Gasteiger partial charge is 0.272 e. The molecule has 0 bridgehead atoms. The van der Waals surface area contributed by atoms with Crippen molar-refractivity contribution in [2.45, 2.75) is 19.1 Å². The van der Waals surface area contributed by atoms with Crippen molar-refractivity contribution >= 4 is 29.0 Å². The SMILES string of the molecule is Cc1ccc2nc(CSCC(=O)N3CCC(c4ccccc4)=N3)cc(=O)n2c1. The zero-order valence-electron chi connectivity index (χ0n) is 15.5. The van der Waals surface area contributed by atoms with Crippen LogP contribution in [0.25, 0.3) is 5.65 Å². The van der Waals surface area contributed by atoms with Crippen molar-refractivity contribution in [3.8, 4) is 0 Å². The first-order valence-corrected chi connectivity index (χ1v) is 10.3. The summed E-state index contributed by atoms with van der Waals surface area (Å²) in [4.78, 5) is 29.2. The second-order valence-electron chi connectivity index (χ2n) is 6.69. The van der Waals surface area contributed by atoms with Gasteiger partial charge < -0.3 is 0 Å². The second kappa shape index (κ2) is 7.98. The molecule has 0 spiro atoms. The number of rotatable bonds is 5. The highest BCUT2D eigenvalue weighted by Crippen LogP contribution is 2.16. The lowest BCUT2D eigenvalue weighted by molar-refractivity contribution is -0.127. The molecular formula is C21H20N4O2S. The van der Waals surface area contributed by atoms with Crippen LogP contribution in [0.2, 0.25) is 0 Å². The molecule has 0 radical (unpaired) electrons. The van der Waals surface area contributed by atoms with E-state index in [1.807, 2.05) is 49.4 Å². The van der Waals surface area contributed by atoms with E-state index in [0.29, 0.717) is 29.4 Å². The highest BCUT2D eigenvalue weighted by molar-refractivity contribution is 7.99. The minimum Gasteiger partial charge on any atom is -0.272 e. The van der Waals surface area contributed by atoms with E-state index in [-0.39, 0.29) is 11.5 Å². The van der Waals surface area contributed by atoms with Crippen molar-refractivity contribution in [2.24, 2.45) is 5.10 Å². The van der Waals surface area contributed by atoms with Gasteiger partial charge in [0.2, 0.25) is 0 Å². The number of amides is 1. The van der Waals surface area contributed by atoms with Gasteiger partial charge in [-0.15, -0.1) is 11.8 Å². The normalized spacial score (nSPS) is 13.8. The fourth-order valence-electron chi connectivity index (χ4n) is 3.12. The number of hydrogen-bond acceptors (Lipinski definition) is 5. The molecular weight excluding hydrogens is 372 g/mol. The maximum Gasteiger partial charge on any atom is 0.258 e. The average molecular weight is 392 g/mol. The maximum absolute atomic E-state index is 12.4. The van der Waals surface area contributed by atoms with Gasteiger partial charge in [0.05, 0.1) is 23.7 Å². The van der Waals surface area contributed by atoms with E-state index < -0.39 is 0 Å². The number of aromatic nitrogens is 2. The van der Waals surface area contributed by atoms with Crippen molar-refractivity contribution in [1.82, 2.24) is 14.4 Å². The summed E-state index contributed by atoms with van der Waals surface area (Å²) >= 11 is 1.45. The molecule has 0 fully saturated rings. The van der Waals surface area contributed by atoms with Crippen LogP contribution in [0.5, 0.6) is 0 Å². The number of thioether (sulfide) groups is 1. The predicted molar refractivity (Wildman–Crippen MR) is 112 cm³/mol. The molecule has 2 aromatic heterocycles. The first kappa shape index (κ1) is 18.4. The molecule has 1 aliphatic rings. The number of aryl methyl sites for hydroxylation is 1. The summed E-state index contributed by atoms with van der Waals surface area (Å²) < 4.78 is 1.54. The smallest absolute Gasteiger partial charge is 0.258 e. The number of pyridine rings is 1. The third-order valence-corrected chi connectivity index (χ3v) is 5.48. The van der Waals surface area contributed by atoms with Gasteiger partial charge in [-0.25, -0.2) is 9.99 Å². The second-order valence-corrected chi connectivity index (χ2v) is 7.68. The van der Waals surface area contributed by atoms with Crippen LogP contribution >= 0.6 is 11.8 Å². The van der Waals surface area contributed by atoms with Crippen LogP contribution < -0.4 is 5.56 Å². The summed E-state index contributed by atoms with van der Waals surface area (Å²) in [6, 6.07) is 15.2. The molecule has 1 aromatic carbocycles. The highest BCUT2D eigenvalue weighted by atomic mass is 32.2. The minimum atomic E-state index is -0.104. The van der Waals surface area contributed by atoms with Gasteiger partial charge in [0.15, 0.2) is 0 Å². The molecule has 3 aromatic rings. The van der Waals surface area contributed by atoms with Crippen LogP contribution in [0.15, 0.2) is 64.6 Å². The quantitative estimate of drug-likeness (QED) is 0.670. The minimum absolute atomic E-state index is 0.0240. The van der Waals surface area contributed by atoms with E-state index in [0.717, 1.165) is 23.3 Å². The van der Waals surface area contributed by atoms with E-state index in [9.17, 15) is 9.59 Å². The number of benzene rings is 1. The monoisotopic (exact) mass is 392 g/mol. The van der Waals surface area contributed by atoms with Crippen LogP contribution in [0.3, 0.4) is 0 Å². The van der Waals surface area contributed by atoms with E-state index in [1.165, 1.54) is 17.8 Å². The molecule has 3 heterocycles. The number of hydrogen-bond donors (Lipinski definition) is 0. The highest BCUT2D eigenvalue weighted by Gasteiger charge is 2.21. The molecule has 28 heavy (non-hydrogen) atoms. The molecule has 0 saturated carbocycles.